The van der Waals surface area contributed by atoms with E-state index in [1.807, 2.05) is 12.2 Å². The fourth-order valence-corrected chi connectivity index (χ4v) is 11.9. The number of carbonyl (C=O) groups is 4. The predicted octanol–water partition coefficient (Wildman–Crippen LogP) is 23.4. The van der Waals surface area contributed by atoms with E-state index in [0.29, 0.717) is 32.1 Å². The summed E-state index contributed by atoms with van der Waals surface area (Å²) < 4.78 is 68.5. The Kier molecular flexibility index (Phi) is 72.4. The first-order chi connectivity index (χ1) is 50.7. The number of carbonyl (C=O) groups excluding carboxylic acids is 4. The molecule has 19 heteroatoms. The molecular formula is C85H142O17P2. The first-order valence-corrected chi connectivity index (χ1v) is 43.1. The molecule has 3 N–H and O–H groups in total. The van der Waals surface area contributed by atoms with Crippen LogP contribution in [0.2, 0.25) is 0 Å². The van der Waals surface area contributed by atoms with E-state index in [9.17, 15) is 43.2 Å². The first-order valence-electron chi connectivity index (χ1n) is 40.1. The lowest BCUT2D eigenvalue weighted by molar-refractivity contribution is -0.161. The predicted molar refractivity (Wildman–Crippen MR) is 427 cm³/mol. The Hall–Kier alpha value is -5.06. The van der Waals surface area contributed by atoms with E-state index in [1.54, 1.807) is 0 Å². The van der Waals surface area contributed by atoms with Gasteiger partial charge < -0.3 is 33.8 Å². The normalized spacial score (nSPS) is 14.6. The number of allylic oxidation sites excluding steroid dienone is 24. The van der Waals surface area contributed by atoms with Crippen LogP contribution in [0.15, 0.2) is 146 Å². The Bertz CT molecular complexity index is 2540. The Morgan fingerprint density at radius 3 is 0.808 bits per heavy atom. The number of aliphatic hydroxyl groups is 1. The molecule has 0 bridgehead atoms. The van der Waals surface area contributed by atoms with Gasteiger partial charge in [0.15, 0.2) is 12.2 Å². The highest BCUT2D eigenvalue weighted by Gasteiger charge is 2.30. The summed E-state index contributed by atoms with van der Waals surface area (Å²) in [6, 6.07) is 0. The van der Waals surface area contributed by atoms with Gasteiger partial charge in [0, 0.05) is 25.7 Å². The van der Waals surface area contributed by atoms with E-state index < -0.39 is 97.5 Å². The summed E-state index contributed by atoms with van der Waals surface area (Å²) in [7, 11) is -9.98. The van der Waals surface area contributed by atoms with Gasteiger partial charge in [0.2, 0.25) is 0 Å². The van der Waals surface area contributed by atoms with Crippen molar-refractivity contribution < 1.29 is 80.2 Å². The smallest absolute Gasteiger partial charge is 0.462 e. The number of ether oxygens (including phenoxy) is 4. The molecule has 0 aromatic heterocycles. The first kappa shape index (κ1) is 98.9. The zero-order valence-corrected chi connectivity index (χ0v) is 66.7. The van der Waals surface area contributed by atoms with Gasteiger partial charge in [-0.25, -0.2) is 9.13 Å². The third kappa shape index (κ3) is 75.2. The molecule has 0 aromatic carbocycles. The summed E-state index contributed by atoms with van der Waals surface area (Å²) >= 11 is 0. The lowest BCUT2D eigenvalue weighted by atomic mass is 10.1. The molecule has 0 radical (unpaired) electrons. The van der Waals surface area contributed by atoms with E-state index in [4.69, 9.17) is 37.0 Å². The van der Waals surface area contributed by atoms with Gasteiger partial charge in [-0.15, -0.1) is 0 Å². The maximum Gasteiger partial charge on any atom is 0.472 e. The van der Waals surface area contributed by atoms with Crippen molar-refractivity contribution >= 4 is 39.5 Å². The van der Waals surface area contributed by atoms with Crippen molar-refractivity contribution in [1.82, 2.24) is 0 Å². The van der Waals surface area contributed by atoms with Gasteiger partial charge in [-0.1, -0.05) is 296 Å². The maximum atomic E-state index is 13.1. The van der Waals surface area contributed by atoms with Gasteiger partial charge in [-0.05, 0) is 135 Å². The van der Waals surface area contributed by atoms with Crippen LogP contribution >= 0.6 is 15.6 Å². The van der Waals surface area contributed by atoms with E-state index in [-0.39, 0.29) is 25.7 Å². The number of hydrogen-bond acceptors (Lipinski definition) is 15. The van der Waals surface area contributed by atoms with E-state index >= 15 is 0 Å². The topological polar surface area (TPSA) is 237 Å². The van der Waals surface area contributed by atoms with Gasteiger partial charge >= 0.3 is 39.5 Å². The largest absolute Gasteiger partial charge is 0.472 e. The standard InChI is InChI=1S/C85H142O17P2/c1-5-9-13-17-21-25-29-32-35-38-39-42-44-47-51-54-58-62-66-70-83(88)96-76-81(102-85(90)72-68-64-60-56-52-48-45-41-37-34-31-27-23-19-15-11-7-3)78-100-104(93,94)98-74-79(86)73-97-103(91,92)99-77-80(101-84(89)71-67-63-59-55-49-28-24-20-16-12-8-4)75-95-82(87)69-65-61-57-53-50-46-43-40-36-33-30-26-22-18-14-10-6-2/h9-11,13-15,21-23,25-27,32-37,39,42,45,48,56,60,79-81,86H,5-8,12,16-20,24,28-31,38,40-41,43-44,46-47,49-55,57-59,61-78H2,1-4H3,(H,91,92)(H,93,94)/b13-9-,14-10-,15-11-,25-21-,26-22-,27-23-,35-32-,36-33-,37-34-,42-39-,48-45-,60-56-. The molecule has 0 aliphatic rings. The van der Waals surface area contributed by atoms with Gasteiger partial charge in [-0.2, -0.15) is 0 Å². The van der Waals surface area contributed by atoms with Crippen LogP contribution < -0.4 is 0 Å². The second-order valence-electron chi connectivity index (χ2n) is 26.2. The number of rotatable bonds is 74. The van der Waals surface area contributed by atoms with E-state index in [0.717, 1.165) is 186 Å². The monoisotopic (exact) mass is 1500 g/mol. The second kappa shape index (κ2) is 76.1. The molecule has 594 valence electrons. The number of aliphatic hydroxyl groups excluding tert-OH is 1. The van der Waals surface area contributed by atoms with Crippen molar-refractivity contribution in [3.63, 3.8) is 0 Å². The minimum Gasteiger partial charge on any atom is -0.462 e. The van der Waals surface area contributed by atoms with Crippen LogP contribution in [-0.4, -0.2) is 96.7 Å². The highest BCUT2D eigenvalue weighted by Crippen LogP contribution is 2.45. The van der Waals surface area contributed by atoms with Gasteiger partial charge in [0.1, 0.15) is 19.3 Å². The second-order valence-corrected chi connectivity index (χ2v) is 29.1. The fourth-order valence-electron chi connectivity index (χ4n) is 10.3. The number of phosphoric acid groups is 2. The van der Waals surface area contributed by atoms with Crippen LogP contribution in [0, 0.1) is 0 Å². The van der Waals surface area contributed by atoms with Crippen LogP contribution in [-0.2, 0) is 65.4 Å². The van der Waals surface area contributed by atoms with Crippen LogP contribution in [0.5, 0.6) is 0 Å². The van der Waals surface area contributed by atoms with E-state index in [1.165, 1.54) is 38.5 Å². The van der Waals surface area contributed by atoms with Crippen LogP contribution in [0.4, 0.5) is 0 Å². The van der Waals surface area contributed by atoms with Crippen LogP contribution in [0.25, 0.3) is 0 Å². The van der Waals surface area contributed by atoms with E-state index in [2.05, 4.69) is 161 Å². The van der Waals surface area contributed by atoms with Gasteiger partial charge in [-0.3, -0.25) is 37.3 Å². The third-order valence-electron chi connectivity index (χ3n) is 16.3. The van der Waals surface area contributed by atoms with Crippen molar-refractivity contribution in [1.29, 1.82) is 0 Å². The molecule has 0 aromatic rings. The number of esters is 4. The summed E-state index contributed by atoms with van der Waals surface area (Å²) in [5.41, 5.74) is 0. The van der Waals surface area contributed by atoms with Crippen molar-refractivity contribution in [3.8, 4) is 0 Å². The molecule has 17 nitrogen and oxygen atoms in total. The molecule has 0 spiro atoms. The summed E-state index contributed by atoms with van der Waals surface area (Å²) in [5.74, 6) is -2.27. The average molecular weight is 1500 g/mol. The minimum absolute atomic E-state index is 0.00950. The Balaban J connectivity index is 5.40. The van der Waals surface area contributed by atoms with Crippen molar-refractivity contribution in [2.24, 2.45) is 0 Å². The van der Waals surface area contributed by atoms with Crippen molar-refractivity contribution in [2.75, 3.05) is 39.6 Å². The lowest BCUT2D eigenvalue weighted by Gasteiger charge is -2.21. The molecular weight excluding hydrogens is 1350 g/mol. The molecule has 104 heavy (non-hydrogen) atoms. The van der Waals surface area contributed by atoms with Crippen LogP contribution in [0.3, 0.4) is 0 Å². The molecule has 0 aliphatic heterocycles. The summed E-state index contributed by atoms with van der Waals surface area (Å²) in [6.07, 6.45) is 86.9. The average Bonchev–Trinajstić information content (AvgIpc) is 0.908. The van der Waals surface area contributed by atoms with Gasteiger partial charge in [0.25, 0.3) is 0 Å². The molecule has 0 heterocycles. The molecule has 0 saturated carbocycles. The lowest BCUT2D eigenvalue weighted by Crippen LogP contribution is -2.30. The van der Waals surface area contributed by atoms with Crippen molar-refractivity contribution in [3.05, 3.63) is 146 Å². The Morgan fingerprint density at radius 2 is 0.510 bits per heavy atom. The van der Waals surface area contributed by atoms with Crippen LogP contribution in [0.1, 0.15) is 310 Å². The molecule has 0 aliphatic carbocycles. The minimum atomic E-state index is -5.00. The zero-order valence-electron chi connectivity index (χ0n) is 64.9. The fraction of sp³-hybridized carbons (Fsp3) is 0.671. The Morgan fingerprint density at radius 1 is 0.279 bits per heavy atom. The molecule has 0 rings (SSSR count). The summed E-state index contributed by atoms with van der Waals surface area (Å²) in [4.78, 5) is 73.0. The number of unbranched alkanes of at least 4 members (excludes halogenated alkanes) is 24. The quantitative estimate of drug-likeness (QED) is 0.0169. The Labute approximate surface area is 630 Å². The molecule has 5 atom stereocenters. The summed E-state index contributed by atoms with van der Waals surface area (Å²) in [6.45, 7) is 4.45. The highest BCUT2D eigenvalue weighted by atomic mass is 31.2. The molecule has 0 fully saturated rings. The molecule has 5 unspecified atom stereocenters. The number of phosphoric ester groups is 2. The maximum absolute atomic E-state index is 13.1. The number of hydrogen-bond donors (Lipinski definition) is 3. The van der Waals surface area contributed by atoms with Crippen molar-refractivity contribution in [2.45, 2.75) is 329 Å². The molecule has 0 amide bonds. The SMILES string of the molecule is CC/C=C\C/C=C\C/C=C\C/C=C\C/C=C\CCCC(=O)OC(COC(=O)CCCCCCCC/C=C\C/C=C\C/C=C\C/C=C\CC)COP(=O)(O)OCC(O)COP(=O)(O)OCC(COC(=O)CCCCCCCCC/C=C\C/C=C\C/C=C\CC)OC(=O)CCCCCCCCCCCCC. The third-order valence-corrected chi connectivity index (χ3v) is 18.2. The highest BCUT2D eigenvalue weighted by molar-refractivity contribution is 7.47. The zero-order chi connectivity index (χ0) is 76.0. The molecule has 0 saturated heterocycles. The van der Waals surface area contributed by atoms with Gasteiger partial charge in [0.05, 0.1) is 26.4 Å². The summed E-state index contributed by atoms with van der Waals surface area (Å²) in [5, 5.41) is 10.6.